The summed E-state index contributed by atoms with van der Waals surface area (Å²) in [6, 6.07) is -0.614. The molecule has 27 heavy (non-hydrogen) atoms. The zero-order valence-electron chi connectivity index (χ0n) is 17.5. The van der Waals surface area contributed by atoms with Crippen LogP contribution in [0.5, 0.6) is 0 Å². The zero-order chi connectivity index (χ0) is 19.8. The first-order valence-corrected chi connectivity index (χ1v) is 10.8. The predicted molar refractivity (Wildman–Crippen MR) is 104 cm³/mol. The van der Waals surface area contributed by atoms with Crippen LogP contribution >= 0.6 is 0 Å². The van der Waals surface area contributed by atoms with Crippen LogP contribution in [0.2, 0.25) is 0 Å². The number of piperidine rings is 2. The molecule has 0 saturated carbocycles. The van der Waals surface area contributed by atoms with Crippen molar-refractivity contribution in [3.05, 3.63) is 0 Å². The number of hydrogen-bond donors (Lipinski definition) is 0. The fraction of sp³-hybridized carbons (Fsp3) is 0.952. The average Bonchev–Trinajstić information content (AvgIpc) is 2.58. The highest BCUT2D eigenvalue weighted by molar-refractivity contribution is 5.79. The summed E-state index contributed by atoms with van der Waals surface area (Å²) in [7, 11) is 0. The van der Waals surface area contributed by atoms with Gasteiger partial charge in [-0.2, -0.15) is 0 Å². The molecule has 3 rings (SSSR count). The topological polar surface area (TPSA) is 26.8 Å². The van der Waals surface area contributed by atoms with Crippen LogP contribution in [-0.2, 0) is 4.79 Å². The molecule has 3 heterocycles. The average molecular weight is 386 g/mol. The minimum absolute atomic E-state index is 0.0433. The molecule has 0 aromatic carbocycles. The summed E-state index contributed by atoms with van der Waals surface area (Å²) in [5.74, 6) is -1.89. The lowest BCUT2D eigenvalue weighted by atomic mass is 9.71. The van der Waals surface area contributed by atoms with E-state index in [0.29, 0.717) is 12.3 Å². The minimum atomic E-state index is -2.63. The summed E-state index contributed by atoms with van der Waals surface area (Å²) >= 11 is 0. The first kappa shape index (κ1) is 21.0. The van der Waals surface area contributed by atoms with E-state index in [9.17, 15) is 13.6 Å². The van der Waals surface area contributed by atoms with Gasteiger partial charge in [-0.05, 0) is 38.3 Å². The van der Waals surface area contributed by atoms with Crippen molar-refractivity contribution in [2.24, 2.45) is 17.3 Å². The van der Waals surface area contributed by atoms with E-state index in [1.54, 1.807) is 0 Å². The van der Waals surface area contributed by atoms with Gasteiger partial charge < -0.3 is 4.90 Å². The van der Waals surface area contributed by atoms with Crippen molar-refractivity contribution >= 4 is 5.91 Å². The smallest absolute Gasteiger partial charge is 0.275 e. The quantitative estimate of drug-likeness (QED) is 0.726. The largest absolute Gasteiger partial charge is 0.341 e. The van der Waals surface area contributed by atoms with E-state index < -0.39 is 12.0 Å². The van der Waals surface area contributed by atoms with Gasteiger partial charge in [-0.15, -0.1) is 0 Å². The molecule has 0 aromatic heterocycles. The third-order valence-corrected chi connectivity index (χ3v) is 7.07. The number of amides is 1. The van der Waals surface area contributed by atoms with Crippen LogP contribution in [0.1, 0.15) is 53.4 Å². The number of likely N-dealkylation sites (tertiary alicyclic amines) is 3. The monoisotopic (exact) mass is 385 g/mol. The van der Waals surface area contributed by atoms with E-state index in [1.807, 2.05) is 28.5 Å². The summed E-state index contributed by atoms with van der Waals surface area (Å²) in [6.07, 6.45) is 3.49. The van der Waals surface area contributed by atoms with Gasteiger partial charge in [0, 0.05) is 37.5 Å². The minimum Gasteiger partial charge on any atom is -0.341 e. The molecule has 4 nitrogen and oxygen atoms in total. The second kappa shape index (κ2) is 7.94. The van der Waals surface area contributed by atoms with Crippen LogP contribution in [0.15, 0.2) is 0 Å². The van der Waals surface area contributed by atoms with Gasteiger partial charge in [-0.3, -0.25) is 14.6 Å². The molecule has 0 radical (unpaired) electrons. The number of halogens is 2. The molecule has 1 spiro atoms. The van der Waals surface area contributed by atoms with Crippen LogP contribution in [0, 0.1) is 17.3 Å². The summed E-state index contributed by atoms with van der Waals surface area (Å²) in [5, 5.41) is 0. The zero-order valence-corrected chi connectivity index (χ0v) is 17.5. The van der Waals surface area contributed by atoms with Gasteiger partial charge in [-0.1, -0.05) is 34.1 Å². The highest BCUT2D eigenvalue weighted by Crippen LogP contribution is 2.43. The van der Waals surface area contributed by atoms with Gasteiger partial charge in [0.15, 0.2) is 0 Å². The summed E-state index contributed by atoms with van der Waals surface area (Å²) in [5.41, 5.74) is 0.188. The number of alkyl halides is 2. The van der Waals surface area contributed by atoms with E-state index in [-0.39, 0.29) is 23.8 Å². The number of carbonyl (C=O) groups is 1. The molecule has 6 heteroatoms. The fourth-order valence-electron chi connectivity index (χ4n) is 5.08. The first-order valence-electron chi connectivity index (χ1n) is 10.8. The van der Waals surface area contributed by atoms with Crippen molar-refractivity contribution in [2.75, 3.05) is 45.8 Å². The maximum Gasteiger partial charge on any atom is 0.275 e. The highest BCUT2D eigenvalue weighted by Gasteiger charge is 2.52. The molecular formula is C21H37F2N3O. The van der Waals surface area contributed by atoms with Gasteiger partial charge in [0.2, 0.25) is 5.91 Å². The molecule has 2 unspecified atom stereocenters. The highest BCUT2D eigenvalue weighted by atomic mass is 19.3. The summed E-state index contributed by atoms with van der Waals surface area (Å²) in [4.78, 5) is 18.0. The second-order valence-corrected chi connectivity index (χ2v) is 9.70. The second-order valence-electron chi connectivity index (χ2n) is 9.70. The normalized spacial score (nSPS) is 29.7. The predicted octanol–water partition coefficient (Wildman–Crippen LogP) is 3.32. The van der Waals surface area contributed by atoms with E-state index >= 15 is 0 Å². The lowest BCUT2D eigenvalue weighted by Gasteiger charge is -2.56. The lowest BCUT2D eigenvalue weighted by molar-refractivity contribution is -0.159. The molecule has 0 aromatic rings. The molecule has 0 bridgehead atoms. The molecule has 0 N–H and O–H groups in total. The van der Waals surface area contributed by atoms with E-state index in [0.717, 1.165) is 58.5 Å². The van der Waals surface area contributed by atoms with Crippen LogP contribution in [0.25, 0.3) is 0 Å². The maximum atomic E-state index is 14.9. The van der Waals surface area contributed by atoms with Gasteiger partial charge in [0.05, 0.1) is 12.6 Å². The molecule has 3 saturated heterocycles. The number of nitrogens with zero attached hydrogens (tertiary/aromatic N) is 3. The SMILES string of the molecule is CCC(C)CN1CCC(N2CCC3(CC2)CN(C(=O)C(C)C)C3)C(F)(F)C1. The Bertz CT molecular complexity index is 524. The Labute approximate surface area is 163 Å². The molecule has 0 aliphatic carbocycles. The summed E-state index contributed by atoms with van der Waals surface area (Å²) < 4.78 is 29.7. The Morgan fingerprint density at radius 1 is 1.07 bits per heavy atom. The third kappa shape index (κ3) is 4.47. The molecule has 3 aliphatic heterocycles. The van der Waals surface area contributed by atoms with Crippen molar-refractivity contribution in [3.63, 3.8) is 0 Å². The van der Waals surface area contributed by atoms with Crippen molar-refractivity contribution in [3.8, 4) is 0 Å². The third-order valence-electron chi connectivity index (χ3n) is 7.07. The van der Waals surface area contributed by atoms with Crippen molar-refractivity contribution in [2.45, 2.75) is 65.3 Å². The summed E-state index contributed by atoms with van der Waals surface area (Å²) in [6.45, 7) is 12.7. The molecule has 2 atom stereocenters. The molecule has 3 aliphatic rings. The van der Waals surface area contributed by atoms with E-state index in [2.05, 4.69) is 13.8 Å². The Morgan fingerprint density at radius 3 is 2.22 bits per heavy atom. The Kier molecular flexibility index (Phi) is 6.17. The molecule has 156 valence electrons. The van der Waals surface area contributed by atoms with Crippen LogP contribution in [-0.4, -0.2) is 78.4 Å². The van der Waals surface area contributed by atoms with E-state index in [4.69, 9.17) is 0 Å². The van der Waals surface area contributed by atoms with Gasteiger partial charge >= 0.3 is 0 Å². The fourth-order valence-corrected chi connectivity index (χ4v) is 5.08. The standard InChI is InChI=1S/C21H37F2N3O/c1-5-17(4)12-24-9-6-18(21(22,23)15-24)25-10-7-20(8-11-25)13-26(14-20)19(27)16(2)3/h16-18H,5-15H2,1-4H3. The van der Waals surface area contributed by atoms with Crippen LogP contribution < -0.4 is 0 Å². The van der Waals surface area contributed by atoms with Crippen LogP contribution in [0.4, 0.5) is 8.78 Å². The van der Waals surface area contributed by atoms with Crippen molar-refractivity contribution < 1.29 is 13.6 Å². The number of rotatable bonds is 5. The van der Waals surface area contributed by atoms with Crippen molar-refractivity contribution in [1.82, 2.24) is 14.7 Å². The van der Waals surface area contributed by atoms with Gasteiger partial charge in [0.1, 0.15) is 0 Å². The first-order chi connectivity index (χ1) is 12.7. The molecule has 1 amide bonds. The Morgan fingerprint density at radius 2 is 1.70 bits per heavy atom. The van der Waals surface area contributed by atoms with Gasteiger partial charge in [-0.25, -0.2) is 8.78 Å². The van der Waals surface area contributed by atoms with E-state index in [1.165, 1.54) is 0 Å². The van der Waals surface area contributed by atoms with Crippen molar-refractivity contribution in [1.29, 1.82) is 0 Å². The Balaban J connectivity index is 1.49. The van der Waals surface area contributed by atoms with Gasteiger partial charge in [0.25, 0.3) is 5.92 Å². The number of hydrogen-bond acceptors (Lipinski definition) is 3. The lowest BCUT2D eigenvalue weighted by Crippen LogP contribution is -2.65. The Hall–Kier alpha value is -0.750. The molecular weight excluding hydrogens is 348 g/mol. The number of carbonyl (C=O) groups excluding carboxylic acids is 1. The maximum absolute atomic E-state index is 14.9. The van der Waals surface area contributed by atoms with Crippen LogP contribution in [0.3, 0.4) is 0 Å². The molecule has 3 fully saturated rings.